The Balaban J connectivity index is 2.53. The highest BCUT2D eigenvalue weighted by atomic mass is 32.2. The monoisotopic (exact) mass is 427 g/mol. The molecule has 28 heavy (non-hydrogen) atoms. The van der Waals surface area contributed by atoms with Crippen molar-refractivity contribution in [3.05, 3.63) is 58.1 Å². The number of nitro groups is 1. The number of non-ortho nitro benzene ring substituents is 1. The molecule has 0 heterocycles. The molecule has 0 aliphatic rings. The predicted molar refractivity (Wildman–Crippen MR) is 101 cm³/mol. The summed E-state index contributed by atoms with van der Waals surface area (Å²) in [6, 6.07) is 8.36. The van der Waals surface area contributed by atoms with Crippen LogP contribution in [0.4, 0.5) is 11.4 Å². The van der Waals surface area contributed by atoms with Gasteiger partial charge in [0.25, 0.3) is 11.6 Å². The quantitative estimate of drug-likeness (QED) is 0.543. The van der Waals surface area contributed by atoms with Gasteiger partial charge in [0.2, 0.25) is 10.0 Å². The smallest absolute Gasteiger partial charge is 0.271 e. The van der Waals surface area contributed by atoms with Crippen LogP contribution in [-0.4, -0.2) is 52.3 Å². The zero-order valence-electron chi connectivity index (χ0n) is 15.1. The van der Waals surface area contributed by atoms with E-state index in [4.69, 9.17) is 0 Å². The van der Waals surface area contributed by atoms with Crippen LogP contribution in [0, 0.1) is 10.1 Å². The third-order valence-electron chi connectivity index (χ3n) is 3.69. The van der Waals surface area contributed by atoms with Crippen LogP contribution in [0.3, 0.4) is 0 Å². The fourth-order valence-electron chi connectivity index (χ4n) is 2.22. The van der Waals surface area contributed by atoms with E-state index in [-0.39, 0.29) is 16.1 Å². The summed E-state index contributed by atoms with van der Waals surface area (Å²) in [7, 11) is -5.04. The Labute approximate surface area is 161 Å². The molecule has 0 aliphatic carbocycles. The summed E-state index contributed by atoms with van der Waals surface area (Å²) in [6.45, 7) is 0. The van der Waals surface area contributed by atoms with Crippen molar-refractivity contribution in [2.24, 2.45) is 0 Å². The van der Waals surface area contributed by atoms with Gasteiger partial charge in [0.1, 0.15) is 4.90 Å². The largest absolute Gasteiger partial charge is 0.321 e. The molecule has 0 spiro atoms. The van der Waals surface area contributed by atoms with Crippen molar-refractivity contribution >= 4 is 37.1 Å². The average molecular weight is 427 g/mol. The van der Waals surface area contributed by atoms with E-state index in [1.807, 2.05) is 0 Å². The number of amides is 1. The minimum Gasteiger partial charge on any atom is -0.321 e. The van der Waals surface area contributed by atoms with Gasteiger partial charge in [-0.3, -0.25) is 14.9 Å². The standard InChI is InChI=1S/C16H17N3O7S2/c1-18(2)28(25,26)15-7-5-4-6-14(15)17-16(20)11-8-12(19(21)22)10-13(9-11)27(3,23)24/h4-10H,1-3H3,(H,17,20). The van der Waals surface area contributed by atoms with Gasteiger partial charge in [0, 0.05) is 38.0 Å². The zero-order chi connectivity index (χ0) is 21.3. The average Bonchev–Trinajstić information content (AvgIpc) is 2.60. The lowest BCUT2D eigenvalue weighted by molar-refractivity contribution is -0.385. The third-order valence-corrected chi connectivity index (χ3v) is 6.65. The van der Waals surface area contributed by atoms with Gasteiger partial charge in [-0.25, -0.2) is 21.1 Å². The normalized spacial score (nSPS) is 12.0. The van der Waals surface area contributed by atoms with Gasteiger partial charge < -0.3 is 5.32 Å². The molecule has 0 aromatic heterocycles. The molecule has 2 aromatic carbocycles. The van der Waals surface area contributed by atoms with Gasteiger partial charge in [-0.15, -0.1) is 0 Å². The number of para-hydroxylation sites is 1. The fourth-order valence-corrected chi connectivity index (χ4v) is 3.94. The molecule has 0 atom stereocenters. The first-order chi connectivity index (χ1) is 12.8. The molecular formula is C16H17N3O7S2. The van der Waals surface area contributed by atoms with Crippen molar-refractivity contribution in [1.82, 2.24) is 4.31 Å². The van der Waals surface area contributed by atoms with Crippen LogP contribution in [0.1, 0.15) is 10.4 Å². The van der Waals surface area contributed by atoms with Crippen LogP contribution in [-0.2, 0) is 19.9 Å². The summed E-state index contributed by atoms with van der Waals surface area (Å²) in [5.74, 6) is -0.894. The van der Waals surface area contributed by atoms with E-state index in [0.717, 1.165) is 28.8 Å². The number of nitrogens with zero attached hydrogens (tertiary/aromatic N) is 2. The molecule has 1 amide bonds. The minimum atomic E-state index is -3.87. The molecule has 12 heteroatoms. The van der Waals surface area contributed by atoms with Crippen LogP contribution < -0.4 is 5.32 Å². The molecular weight excluding hydrogens is 410 g/mol. The SMILES string of the molecule is CN(C)S(=O)(=O)c1ccccc1NC(=O)c1cc([N+](=O)[O-])cc(S(C)(=O)=O)c1. The highest BCUT2D eigenvalue weighted by Crippen LogP contribution is 2.25. The second-order valence-electron chi connectivity index (χ2n) is 5.98. The van der Waals surface area contributed by atoms with Crippen molar-refractivity contribution in [2.45, 2.75) is 9.79 Å². The number of nitrogens with one attached hydrogen (secondary N) is 1. The Morgan fingerprint density at radius 2 is 1.68 bits per heavy atom. The van der Waals surface area contributed by atoms with Gasteiger partial charge >= 0.3 is 0 Å². The molecule has 150 valence electrons. The minimum absolute atomic E-state index is 0.0476. The molecule has 2 rings (SSSR count). The number of hydrogen-bond acceptors (Lipinski definition) is 7. The van der Waals surface area contributed by atoms with Crippen LogP contribution in [0.25, 0.3) is 0 Å². The number of sulfonamides is 1. The molecule has 0 fully saturated rings. The molecule has 0 radical (unpaired) electrons. The Bertz CT molecular complexity index is 1160. The maximum atomic E-state index is 12.6. The molecule has 0 aliphatic heterocycles. The van der Waals surface area contributed by atoms with Crippen molar-refractivity contribution in [1.29, 1.82) is 0 Å². The van der Waals surface area contributed by atoms with E-state index in [1.54, 1.807) is 0 Å². The number of sulfone groups is 1. The van der Waals surface area contributed by atoms with Crippen molar-refractivity contribution < 1.29 is 26.6 Å². The lowest BCUT2D eigenvalue weighted by atomic mass is 10.2. The Kier molecular flexibility index (Phi) is 5.87. The van der Waals surface area contributed by atoms with E-state index in [1.165, 1.54) is 38.4 Å². The van der Waals surface area contributed by atoms with Gasteiger partial charge in [-0.2, -0.15) is 0 Å². The van der Waals surface area contributed by atoms with Crippen molar-refractivity contribution in [3.8, 4) is 0 Å². The first-order valence-electron chi connectivity index (χ1n) is 7.66. The molecule has 0 saturated heterocycles. The number of carbonyl (C=O) groups excluding carboxylic acids is 1. The van der Waals surface area contributed by atoms with Gasteiger partial charge in [0.15, 0.2) is 9.84 Å². The van der Waals surface area contributed by atoms with Crippen LogP contribution in [0.2, 0.25) is 0 Å². The number of benzene rings is 2. The van der Waals surface area contributed by atoms with E-state index in [2.05, 4.69) is 5.32 Å². The van der Waals surface area contributed by atoms with Crippen LogP contribution in [0.15, 0.2) is 52.3 Å². The number of carbonyl (C=O) groups is 1. The lowest BCUT2D eigenvalue weighted by Crippen LogP contribution is -2.24. The molecule has 0 bridgehead atoms. The van der Waals surface area contributed by atoms with Gasteiger partial charge in [-0.05, 0) is 18.2 Å². The topological polar surface area (TPSA) is 144 Å². The summed E-state index contributed by atoms with van der Waals surface area (Å²) in [5, 5.41) is 13.4. The number of hydrogen-bond donors (Lipinski definition) is 1. The fraction of sp³-hybridized carbons (Fsp3) is 0.188. The third kappa shape index (κ3) is 4.52. The Morgan fingerprint density at radius 1 is 1.07 bits per heavy atom. The maximum absolute atomic E-state index is 12.6. The van der Waals surface area contributed by atoms with Crippen molar-refractivity contribution in [3.63, 3.8) is 0 Å². The Hall–Kier alpha value is -2.83. The summed E-state index contributed by atoms with van der Waals surface area (Å²) < 4.78 is 49.3. The highest BCUT2D eigenvalue weighted by Gasteiger charge is 2.23. The first-order valence-corrected chi connectivity index (χ1v) is 11.0. The van der Waals surface area contributed by atoms with Crippen LogP contribution >= 0.6 is 0 Å². The van der Waals surface area contributed by atoms with Gasteiger partial charge in [0.05, 0.1) is 15.5 Å². The number of rotatable bonds is 6. The van der Waals surface area contributed by atoms with E-state index < -0.39 is 41.3 Å². The summed E-state index contributed by atoms with van der Waals surface area (Å²) in [6.07, 6.45) is 0.854. The van der Waals surface area contributed by atoms with Crippen molar-refractivity contribution in [2.75, 3.05) is 25.7 Å². The van der Waals surface area contributed by atoms with E-state index >= 15 is 0 Å². The molecule has 2 aromatic rings. The molecule has 10 nitrogen and oxygen atoms in total. The zero-order valence-corrected chi connectivity index (χ0v) is 16.7. The molecule has 0 saturated carbocycles. The number of nitro benzene ring substituents is 1. The Morgan fingerprint density at radius 3 is 2.21 bits per heavy atom. The summed E-state index contributed by atoms with van der Waals surface area (Å²) in [4.78, 5) is 22.2. The van der Waals surface area contributed by atoms with Gasteiger partial charge in [-0.1, -0.05) is 12.1 Å². The number of anilines is 1. The first kappa shape index (κ1) is 21.5. The lowest BCUT2D eigenvalue weighted by Gasteiger charge is -2.15. The summed E-state index contributed by atoms with van der Waals surface area (Å²) in [5.41, 5.74) is -0.928. The second kappa shape index (κ2) is 7.66. The van der Waals surface area contributed by atoms with Crippen LogP contribution in [0.5, 0.6) is 0 Å². The summed E-state index contributed by atoms with van der Waals surface area (Å²) >= 11 is 0. The van der Waals surface area contributed by atoms with E-state index in [9.17, 15) is 31.7 Å². The van der Waals surface area contributed by atoms with E-state index in [0.29, 0.717) is 0 Å². The maximum Gasteiger partial charge on any atom is 0.271 e. The predicted octanol–water partition coefficient (Wildman–Crippen LogP) is 1.50. The molecule has 0 unspecified atom stereocenters. The highest BCUT2D eigenvalue weighted by molar-refractivity contribution is 7.90. The second-order valence-corrected chi connectivity index (χ2v) is 10.1. The molecule has 1 N–H and O–H groups in total.